The second-order valence-corrected chi connectivity index (χ2v) is 12.6. The molecule has 2 aromatic carbocycles. The smallest absolute Gasteiger partial charge is 0.405 e. The van der Waals surface area contributed by atoms with E-state index in [1.54, 1.807) is 23.5 Å². The van der Waals surface area contributed by atoms with Gasteiger partial charge in [0.15, 0.2) is 10.9 Å². The molecule has 0 bridgehead atoms. The molecule has 0 spiro atoms. The number of nitrogens with zero attached hydrogens (tertiary/aromatic N) is 3. The molecule has 3 aliphatic rings. The monoisotopic (exact) mass is 582 g/mol. The Morgan fingerprint density at radius 3 is 2.76 bits per heavy atom. The zero-order chi connectivity index (χ0) is 28.4. The van der Waals surface area contributed by atoms with Crippen LogP contribution in [0.2, 0.25) is 0 Å². The molecule has 3 heterocycles. The first-order chi connectivity index (χ1) is 19.7. The van der Waals surface area contributed by atoms with Crippen molar-refractivity contribution >= 4 is 32.5 Å². The van der Waals surface area contributed by atoms with Gasteiger partial charge in [0.05, 0.1) is 10.2 Å². The molecule has 2 aliphatic carbocycles. The van der Waals surface area contributed by atoms with Gasteiger partial charge in [0, 0.05) is 53.7 Å². The number of benzene rings is 2. The summed E-state index contributed by atoms with van der Waals surface area (Å²) in [4.78, 5) is 19.9. The SMILES string of the molecule is CC1(C(=O)c2ccc3nc(N4CCC(NCc5c(-c6ccccc6OC(F)(F)F)noc5C5CC5)C4)sc3c2)CC1. The molecule has 0 amide bonds. The third-order valence-corrected chi connectivity index (χ3v) is 9.43. The van der Waals surface area contributed by atoms with Gasteiger partial charge in [-0.25, -0.2) is 4.98 Å². The molecule has 2 saturated carbocycles. The number of nitrogens with one attached hydrogen (secondary N) is 1. The van der Waals surface area contributed by atoms with Crippen molar-refractivity contribution in [3.05, 3.63) is 59.4 Å². The lowest BCUT2D eigenvalue weighted by atomic mass is 9.97. The van der Waals surface area contributed by atoms with Gasteiger partial charge in [-0.05, 0) is 62.4 Å². The van der Waals surface area contributed by atoms with E-state index in [1.807, 2.05) is 25.1 Å². The lowest BCUT2D eigenvalue weighted by molar-refractivity contribution is -0.274. The third-order valence-electron chi connectivity index (χ3n) is 8.35. The van der Waals surface area contributed by atoms with Gasteiger partial charge in [-0.3, -0.25) is 4.79 Å². The predicted molar refractivity (Wildman–Crippen MR) is 149 cm³/mol. The maximum atomic E-state index is 13.1. The van der Waals surface area contributed by atoms with Crippen LogP contribution in [0.4, 0.5) is 18.3 Å². The molecular formula is C30H29F3N4O3S. The molecule has 0 radical (unpaired) electrons. The highest BCUT2D eigenvalue weighted by atomic mass is 32.1. The van der Waals surface area contributed by atoms with Gasteiger partial charge in [-0.2, -0.15) is 0 Å². The highest BCUT2D eigenvalue weighted by Crippen LogP contribution is 2.48. The molecule has 11 heteroatoms. The summed E-state index contributed by atoms with van der Waals surface area (Å²) in [6.45, 7) is 4.03. The summed E-state index contributed by atoms with van der Waals surface area (Å²) in [5.41, 5.74) is 2.87. The van der Waals surface area contributed by atoms with E-state index in [0.29, 0.717) is 12.2 Å². The lowest BCUT2D eigenvalue weighted by Gasteiger charge is -2.16. The topological polar surface area (TPSA) is 80.5 Å². The average Bonchev–Trinajstić information content (AvgIpc) is 3.75. The molecular weight excluding hydrogens is 553 g/mol. The molecule has 214 valence electrons. The Balaban J connectivity index is 1.07. The van der Waals surface area contributed by atoms with Crippen molar-refractivity contribution in [2.24, 2.45) is 5.41 Å². The van der Waals surface area contributed by atoms with E-state index in [-0.39, 0.29) is 34.5 Å². The third kappa shape index (κ3) is 5.32. The number of aromatic nitrogens is 2. The van der Waals surface area contributed by atoms with E-state index in [9.17, 15) is 18.0 Å². The Morgan fingerprint density at radius 1 is 1.20 bits per heavy atom. The number of carbonyl (C=O) groups is 1. The molecule has 41 heavy (non-hydrogen) atoms. The van der Waals surface area contributed by atoms with E-state index < -0.39 is 6.36 Å². The van der Waals surface area contributed by atoms with E-state index in [1.165, 1.54) is 12.1 Å². The summed E-state index contributed by atoms with van der Waals surface area (Å²) in [5.74, 6) is 0.897. The molecule has 1 atom stereocenters. The Bertz CT molecular complexity index is 1620. The first-order valence-electron chi connectivity index (χ1n) is 13.9. The van der Waals surface area contributed by atoms with Crippen molar-refractivity contribution in [3.8, 4) is 17.0 Å². The zero-order valence-electron chi connectivity index (χ0n) is 22.5. The molecule has 1 aliphatic heterocycles. The molecule has 1 unspecified atom stereocenters. The van der Waals surface area contributed by atoms with Crippen LogP contribution in [-0.2, 0) is 6.54 Å². The maximum Gasteiger partial charge on any atom is 0.573 e. The fourth-order valence-corrected chi connectivity index (χ4v) is 6.59. The van der Waals surface area contributed by atoms with Crippen LogP contribution in [0.15, 0.2) is 47.0 Å². The normalized spacial score (nSPS) is 20.1. The second-order valence-electron chi connectivity index (χ2n) is 11.6. The summed E-state index contributed by atoms with van der Waals surface area (Å²) >= 11 is 1.60. The van der Waals surface area contributed by atoms with Crippen molar-refractivity contribution in [3.63, 3.8) is 0 Å². The van der Waals surface area contributed by atoms with Gasteiger partial charge in [0.1, 0.15) is 17.2 Å². The Labute approximate surface area is 238 Å². The summed E-state index contributed by atoms with van der Waals surface area (Å²) < 4.78 is 50.2. The van der Waals surface area contributed by atoms with Gasteiger partial charge < -0.3 is 19.5 Å². The van der Waals surface area contributed by atoms with Crippen LogP contribution < -0.4 is 15.0 Å². The minimum atomic E-state index is -4.81. The van der Waals surface area contributed by atoms with E-state index in [2.05, 4.69) is 20.1 Å². The number of thiazole rings is 1. The van der Waals surface area contributed by atoms with Crippen molar-refractivity contribution in [2.45, 2.75) is 63.9 Å². The fraction of sp³-hybridized carbons (Fsp3) is 0.433. The number of alkyl halides is 3. The first-order valence-corrected chi connectivity index (χ1v) is 14.8. The number of Topliss-reactive ketones (excluding diaryl/α,β-unsaturated/α-hetero) is 1. The Morgan fingerprint density at radius 2 is 2.00 bits per heavy atom. The minimum absolute atomic E-state index is 0.158. The zero-order valence-corrected chi connectivity index (χ0v) is 23.3. The minimum Gasteiger partial charge on any atom is -0.405 e. The van der Waals surface area contributed by atoms with Gasteiger partial charge >= 0.3 is 6.36 Å². The first kappa shape index (κ1) is 26.5. The van der Waals surface area contributed by atoms with Crippen molar-refractivity contribution < 1.29 is 27.2 Å². The average molecular weight is 583 g/mol. The number of hydrogen-bond donors (Lipinski definition) is 1. The molecule has 3 fully saturated rings. The number of para-hydroxylation sites is 1. The number of ether oxygens (including phenoxy) is 1. The molecule has 4 aromatic rings. The number of halogens is 3. The van der Waals surface area contributed by atoms with Crippen molar-refractivity contribution in [1.29, 1.82) is 0 Å². The molecule has 2 aromatic heterocycles. The molecule has 1 saturated heterocycles. The standard InChI is InChI=1S/C30H29F3N4O3S/c1-29(11-12-29)27(38)18-8-9-22-24(14-18)41-28(35-22)37-13-10-19(16-37)34-15-21-25(36-40-26(21)17-6-7-17)20-4-2-3-5-23(20)39-30(31,32)33/h2-5,8-9,14,17,19,34H,6-7,10-13,15-16H2,1H3. The van der Waals surface area contributed by atoms with Crippen molar-refractivity contribution in [1.82, 2.24) is 15.5 Å². The largest absolute Gasteiger partial charge is 0.573 e. The quantitative estimate of drug-likeness (QED) is 0.211. The molecule has 1 N–H and O–H groups in total. The number of ketones is 1. The number of anilines is 1. The summed E-state index contributed by atoms with van der Waals surface area (Å²) in [6, 6.07) is 12.0. The van der Waals surface area contributed by atoms with E-state index in [0.717, 1.165) is 77.4 Å². The molecule has 7 nitrogen and oxygen atoms in total. The van der Waals surface area contributed by atoms with Gasteiger partial charge in [-0.15, -0.1) is 13.2 Å². The Kier molecular flexibility index (Phi) is 6.35. The Hall–Kier alpha value is -3.44. The van der Waals surface area contributed by atoms with Crippen LogP contribution in [0.3, 0.4) is 0 Å². The number of carbonyl (C=O) groups excluding carboxylic acids is 1. The lowest BCUT2D eigenvalue weighted by Crippen LogP contribution is -2.32. The van der Waals surface area contributed by atoms with Crippen molar-refractivity contribution in [2.75, 3.05) is 18.0 Å². The number of fused-ring (bicyclic) bond motifs is 1. The van der Waals surface area contributed by atoms with E-state index in [4.69, 9.17) is 9.51 Å². The second kappa shape index (κ2) is 9.84. The maximum absolute atomic E-state index is 13.1. The van der Waals surface area contributed by atoms with Crippen LogP contribution in [-0.4, -0.2) is 41.4 Å². The summed E-state index contributed by atoms with van der Waals surface area (Å²) in [7, 11) is 0. The van der Waals surface area contributed by atoms with Crippen LogP contribution in [0.25, 0.3) is 21.5 Å². The highest BCUT2D eigenvalue weighted by Gasteiger charge is 2.45. The highest BCUT2D eigenvalue weighted by molar-refractivity contribution is 7.22. The van der Waals surface area contributed by atoms with Crippen LogP contribution in [0, 0.1) is 5.41 Å². The van der Waals surface area contributed by atoms with Crippen LogP contribution in [0.5, 0.6) is 5.75 Å². The fourth-order valence-electron chi connectivity index (χ4n) is 5.55. The van der Waals surface area contributed by atoms with Crippen LogP contribution >= 0.6 is 11.3 Å². The summed E-state index contributed by atoms with van der Waals surface area (Å²) in [5, 5.41) is 8.72. The number of hydrogen-bond acceptors (Lipinski definition) is 8. The van der Waals surface area contributed by atoms with Gasteiger partial charge in [0.25, 0.3) is 0 Å². The predicted octanol–water partition coefficient (Wildman–Crippen LogP) is 7.08. The summed E-state index contributed by atoms with van der Waals surface area (Å²) in [6.07, 6.45) is -0.0603. The molecule has 7 rings (SSSR count). The van der Waals surface area contributed by atoms with E-state index >= 15 is 0 Å². The van der Waals surface area contributed by atoms with Gasteiger partial charge in [-0.1, -0.05) is 35.5 Å². The van der Waals surface area contributed by atoms with Gasteiger partial charge in [0.2, 0.25) is 0 Å². The van der Waals surface area contributed by atoms with Crippen LogP contribution in [0.1, 0.15) is 66.6 Å². The number of rotatable bonds is 9.